The van der Waals surface area contributed by atoms with Crippen molar-refractivity contribution >= 4 is 17.7 Å². The number of carbonyl (C=O) groups is 3. The van der Waals surface area contributed by atoms with Crippen LogP contribution in [0.3, 0.4) is 0 Å². The molecule has 30 heavy (non-hydrogen) atoms. The number of halogens is 1. The zero-order valence-corrected chi connectivity index (χ0v) is 16.5. The van der Waals surface area contributed by atoms with Crippen molar-refractivity contribution in [3.63, 3.8) is 0 Å². The van der Waals surface area contributed by atoms with E-state index in [1.165, 1.54) is 41.5 Å². The predicted molar refractivity (Wildman–Crippen MR) is 106 cm³/mol. The Labute approximate surface area is 172 Å². The van der Waals surface area contributed by atoms with Gasteiger partial charge in [-0.3, -0.25) is 19.3 Å². The second-order valence-electron chi connectivity index (χ2n) is 7.18. The molecule has 3 amide bonds. The summed E-state index contributed by atoms with van der Waals surface area (Å²) in [6.45, 7) is 1.86. The molecule has 2 aromatic carbocycles. The zero-order valence-electron chi connectivity index (χ0n) is 16.5. The molecule has 1 aromatic heterocycles. The standard InChI is InChI=1S/C23H19FN2O4/c1-14(15-5-8-17(24)9-6-15)25(2)21(27)16-7-10-19-20(12-16)23(29)26(22(19)28)13-18-4-3-11-30-18/h3-12,14H,13H2,1-2H3. The van der Waals surface area contributed by atoms with Crippen LogP contribution in [0.15, 0.2) is 65.3 Å². The minimum absolute atomic E-state index is 0.0319. The second kappa shape index (κ2) is 7.59. The monoisotopic (exact) mass is 406 g/mol. The summed E-state index contributed by atoms with van der Waals surface area (Å²) in [5, 5.41) is 0. The minimum atomic E-state index is -0.463. The predicted octanol–water partition coefficient (Wildman–Crippen LogP) is 4.05. The third-order valence-electron chi connectivity index (χ3n) is 5.37. The van der Waals surface area contributed by atoms with E-state index >= 15 is 0 Å². The Morgan fingerprint density at radius 3 is 2.43 bits per heavy atom. The molecule has 0 aliphatic carbocycles. The van der Waals surface area contributed by atoms with Crippen molar-refractivity contribution in [1.82, 2.24) is 9.80 Å². The maximum atomic E-state index is 13.2. The third kappa shape index (κ3) is 3.39. The Bertz CT molecular complexity index is 1120. The summed E-state index contributed by atoms with van der Waals surface area (Å²) < 4.78 is 18.4. The first-order chi connectivity index (χ1) is 14.4. The van der Waals surface area contributed by atoms with Gasteiger partial charge in [-0.25, -0.2) is 4.39 Å². The highest BCUT2D eigenvalue weighted by molar-refractivity contribution is 6.22. The van der Waals surface area contributed by atoms with Gasteiger partial charge in [0.2, 0.25) is 0 Å². The van der Waals surface area contributed by atoms with Crippen molar-refractivity contribution < 1.29 is 23.2 Å². The van der Waals surface area contributed by atoms with E-state index in [2.05, 4.69) is 0 Å². The second-order valence-corrected chi connectivity index (χ2v) is 7.18. The molecule has 0 saturated heterocycles. The summed E-state index contributed by atoms with van der Waals surface area (Å²) in [6.07, 6.45) is 1.47. The lowest BCUT2D eigenvalue weighted by Crippen LogP contribution is -2.30. The number of hydrogen-bond donors (Lipinski definition) is 0. The van der Waals surface area contributed by atoms with E-state index in [9.17, 15) is 18.8 Å². The molecule has 7 heteroatoms. The minimum Gasteiger partial charge on any atom is -0.467 e. The Hall–Kier alpha value is -3.74. The van der Waals surface area contributed by atoms with Gasteiger partial charge >= 0.3 is 0 Å². The maximum Gasteiger partial charge on any atom is 0.261 e. The molecule has 0 bridgehead atoms. The van der Waals surface area contributed by atoms with E-state index < -0.39 is 11.8 Å². The Morgan fingerprint density at radius 2 is 1.77 bits per heavy atom. The molecule has 2 heterocycles. The first-order valence-corrected chi connectivity index (χ1v) is 9.42. The molecular formula is C23H19FN2O4. The molecule has 1 aliphatic rings. The summed E-state index contributed by atoms with van der Waals surface area (Å²) >= 11 is 0. The fourth-order valence-corrected chi connectivity index (χ4v) is 3.47. The Kier molecular flexibility index (Phi) is 4.95. The van der Waals surface area contributed by atoms with Crippen LogP contribution in [0, 0.1) is 5.82 Å². The highest BCUT2D eigenvalue weighted by atomic mass is 19.1. The Balaban J connectivity index is 1.56. The summed E-state index contributed by atoms with van der Waals surface area (Å²) in [5.41, 5.74) is 1.54. The topological polar surface area (TPSA) is 70.8 Å². The van der Waals surface area contributed by atoms with Crippen LogP contribution in [0.5, 0.6) is 0 Å². The Morgan fingerprint density at radius 1 is 1.07 bits per heavy atom. The molecule has 0 N–H and O–H groups in total. The van der Waals surface area contributed by atoms with Crippen molar-refractivity contribution in [1.29, 1.82) is 0 Å². The molecule has 0 spiro atoms. The number of nitrogens with zero attached hydrogens (tertiary/aromatic N) is 2. The molecule has 0 fully saturated rings. The number of benzene rings is 2. The van der Waals surface area contributed by atoms with Gasteiger partial charge < -0.3 is 9.32 Å². The first kappa shape index (κ1) is 19.6. The van der Waals surface area contributed by atoms with Gasteiger partial charge in [-0.2, -0.15) is 0 Å². The fourth-order valence-electron chi connectivity index (χ4n) is 3.47. The van der Waals surface area contributed by atoms with Crippen molar-refractivity contribution in [3.8, 4) is 0 Å². The van der Waals surface area contributed by atoms with Gasteiger partial charge in [0, 0.05) is 12.6 Å². The van der Waals surface area contributed by atoms with Crippen molar-refractivity contribution in [2.75, 3.05) is 7.05 Å². The normalized spacial score (nSPS) is 14.0. The number of rotatable bonds is 5. The van der Waals surface area contributed by atoms with Gasteiger partial charge in [-0.1, -0.05) is 12.1 Å². The van der Waals surface area contributed by atoms with Crippen LogP contribution in [0.25, 0.3) is 0 Å². The molecule has 0 radical (unpaired) electrons. The van der Waals surface area contributed by atoms with Crippen LogP contribution in [-0.2, 0) is 6.54 Å². The lowest BCUT2D eigenvalue weighted by Gasteiger charge is -2.25. The third-order valence-corrected chi connectivity index (χ3v) is 5.37. The smallest absolute Gasteiger partial charge is 0.261 e. The zero-order chi connectivity index (χ0) is 21.4. The number of carbonyl (C=O) groups excluding carboxylic acids is 3. The quantitative estimate of drug-likeness (QED) is 0.600. The molecule has 1 aliphatic heterocycles. The van der Waals surface area contributed by atoms with Crippen LogP contribution < -0.4 is 0 Å². The average Bonchev–Trinajstić information content (AvgIpc) is 3.35. The van der Waals surface area contributed by atoms with Gasteiger partial charge in [0.05, 0.1) is 30.0 Å². The van der Waals surface area contributed by atoms with E-state index in [1.807, 2.05) is 6.92 Å². The summed E-state index contributed by atoms with van der Waals surface area (Å²) in [5.74, 6) is -1.04. The molecule has 1 unspecified atom stereocenters. The van der Waals surface area contributed by atoms with E-state index in [0.717, 1.165) is 10.5 Å². The summed E-state index contributed by atoms with van der Waals surface area (Å²) in [7, 11) is 1.64. The summed E-state index contributed by atoms with van der Waals surface area (Å²) in [4.78, 5) is 41.0. The number of imide groups is 1. The molecule has 1 atom stereocenters. The lowest BCUT2D eigenvalue weighted by atomic mass is 10.0. The largest absolute Gasteiger partial charge is 0.467 e. The van der Waals surface area contributed by atoms with Crippen LogP contribution in [0.4, 0.5) is 4.39 Å². The lowest BCUT2D eigenvalue weighted by molar-refractivity contribution is 0.0631. The van der Waals surface area contributed by atoms with Crippen LogP contribution in [-0.4, -0.2) is 34.6 Å². The first-order valence-electron chi connectivity index (χ1n) is 9.42. The number of amides is 3. The molecule has 152 valence electrons. The highest BCUT2D eigenvalue weighted by Gasteiger charge is 2.36. The molecule has 6 nitrogen and oxygen atoms in total. The SMILES string of the molecule is CC(c1ccc(F)cc1)N(C)C(=O)c1ccc2c(c1)C(=O)N(Cc1ccco1)C2=O. The fraction of sp³-hybridized carbons (Fsp3) is 0.174. The molecular weight excluding hydrogens is 387 g/mol. The van der Waals surface area contributed by atoms with Crippen LogP contribution in [0.1, 0.15) is 55.4 Å². The number of hydrogen-bond acceptors (Lipinski definition) is 4. The highest BCUT2D eigenvalue weighted by Crippen LogP contribution is 2.27. The molecule has 4 rings (SSSR count). The molecule has 0 saturated carbocycles. The number of fused-ring (bicyclic) bond motifs is 1. The molecule has 3 aromatic rings. The van der Waals surface area contributed by atoms with Gasteiger partial charge in [0.1, 0.15) is 11.6 Å². The maximum absolute atomic E-state index is 13.2. The van der Waals surface area contributed by atoms with Crippen LogP contribution >= 0.6 is 0 Å². The average molecular weight is 406 g/mol. The van der Waals surface area contributed by atoms with Crippen LogP contribution in [0.2, 0.25) is 0 Å². The van der Waals surface area contributed by atoms with E-state index in [-0.39, 0.29) is 35.4 Å². The van der Waals surface area contributed by atoms with Gasteiger partial charge in [-0.05, 0) is 55.0 Å². The van der Waals surface area contributed by atoms with E-state index in [1.54, 1.807) is 31.3 Å². The van der Waals surface area contributed by atoms with Gasteiger partial charge in [-0.15, -0.1) is 0 Å². The van der Waals surface area contributed by atoms with Crippen molar-refractivity contribution in [3.05, 3.63) is 94.7 Å². The van der Waals surface area contributed by atoms with Crippen molar-refractivity contribution in [2.45, 2.75) is 19.5 Å². The van der Waals surface area contributed by atoms with Gasteiger partial charge in [0.15, 0.2) is 0 Å². The number of furan rings is 1. The summed E-state index contributed by atoms with van der Waals surface area (Å²) in [6, 6.07) is 13.5. The van der Waals surface area contributed by atoms with Crippen molar-refractivity contribution in [2.24, 2.45) is 0 Å². The van der Waals surface area contributed by atoms with E-state index in [4.69, 9.17) is 4.42 Å². The van der Waals surface area contributed by atoms with Gasteiger partial charge in [0.25, 0.3) is 17.7 Å². The van der Waals surface area contributed by atoms with E-state index in [0.29, 0.717) is 11.3 Å².